The fraction of sp³-hybridized carbons (Fsp3) is 0.500. The van der Waals surface area contributed by atoms with Crippen molar-refractivity contribution in [3.63, 3.8) is 0 Å². The van der Waals surface area contributed by atoms with Gasteiger partial charge in [-0.1, -0.05) is 6.07 Å². The third kappa shape index (κ3) is 3.56. The molecule has 1 aliphatic rings. The van der Waals surface area contributed by atoms with Crippen molar-refractivity contribution in [1.82, 2.24) is 4.90 Å². The van der Waals surface area contributed by atoms with Crippen LogP contribution >= 0.6 is 0 Å². The summed E-state index contributed by atoms with van der Waals surface area (Å²) < 4.78 is 10.2. The molecule has 0 saturated carbocycles. The van der Waals surface area contributed by atoms with Crippen LogP contribution in [0.1, 0.15) is 19.3 Å². The SMILES string of the molecule is COCCC1(C(N)=O)CCCN1C(=O)Nc1cccc(OC)c1. The van der Waals surface area contributed by atoms with Crippen molar-refractivity contribution in [2.75, 3.05) is 32.7 Å². The number of nitrogens with two attached hydrogens (primary N) is 1. The molecular formula is C16H23N3O4. The Hall–Kier alpha value is -2.28. The first kappa shape index (κ1) is 17.1. The fourth-order valence-electron chi connectivity index (χ4n) is 2.98. The molecule has 0 aliphatic carbocycles. The van der Waals surface area contributed by atoms with Crippen molar-refractivity contribution >= 4 is 17.6 Å². The lowest BCUT2D eigenvalue weighted by Gasteiger charge is -2.35. The molecule has 0 radical (unpaired) electrons. The van der Waals surface area contributed by atoms with Crippen molar-refractivity contribution < 1.29 is 19.1 Å². The van der Waals surface area contributed by atoms with Crippen LogP contribution in [0, 0.1) is 0 Å². The zero-order chi connectivity index (χ0) is 16.9. The average molecular weight is 321 g/mol. The van der Waals surface area contributed by atoms with Gasteiger partial charge in [0.1, 0.15) is 11.3 Å². The zero-order valence-corrected chi connectivity index (χ0v) is 13.5. The van der Waals surface area contributed by atoms with Crippen LogP contribution in [0.3, 0.4) is 0 Å². The maximum Gasteiger partial charge on any atom is 0.322 e. The van der Waals surface area contributed by atoms with Crippen LogP contribution in [0.2, 0.25) is 0 Å². The second kappa shape index (κ2) is 7.32. The molecule has 126 valence electrons. The van der Waals surface area contributed by atoms with Crippen LogP contribution in [-0.4, -0.2) is 49.7 Å². The standard InChI is InChI=1S/C16H23N3O4/c1-22-10-8-16(14(17)20)7-4-9-19(16)15(21)18-12-5-3-6-13(11-12)23-2/h3,5-6,11H,4,7-10H2,1-2H3,(H2,17,20)(H,18,21). The number of ether oxygens (including phenoxy) is 2. The number of hydrogen-bond acceptors (Lipinski definition) is 4. The molecule has 0 spiro atoms. The van der Waals surface area contributed by atoms with E-state index in [2.05, 4.69) is 5.32 Å². The molecule has 2 rings (SSSR count). The quantitative estimate of drug-likeness (QED) is 0.832. The summed E-state index contributed by atoms with van der Waals surface area (Å²) in [4.78, 5) is 26.2. The largest absolute Gasteiger partial charge is 0.497 e. The molecule has 0 bridgehead atoms. The highest BCUT2D eigenvalue weighted by Crippen LogP contribution is 2.33. The monoisotopic (exact) mass is 321 g/mol. The zero-order valence-electron chi connectivity index (χ0n) is 13.5. The minimum Gasteiger partial charge on any atom is -0.497 e. The fourth-order valence-corrected chi connectivity index (χ4v) is 2.98. The molecule has 0 aromatic heterocycles. The third-order valence-corrected chi connectivity index (χ3v) is 4.23. The second-order valence-electron chi connectivity index (χ2n) is 5.56. The Kier molecular flexibility index (Phi) is 5.44. The highest BCUT2D eigenvalue weighted by molar-refractivity contribution is 5.96. The number of primary amides is 1. The van der Waals surface area contributed by atoms with E-state index in [0.29, 0.717) is 37.4 Å². The normalized spacial score (nSPS) is 20.3. The van der Waals surface area contributed by atoms with Gasteiger partial charge in [0.2, 0.25) is 5.91 Å². The lowest BCUT2D eigenvalue weighted by molar-refractivity contribution is -0.128. The van der Waals surface area contributed by atoms with E-state index < -0.39 is 11.4 Å². The highest BCUT2D eigenvalue weighted by Gasteiger charge is 2.48. The number of nitrogens with zero attached hydrogens (tertiary/aromatic N) is 1. The molecule has 1 heterocycles. The molecule has 3 amide bonds. The molecule has 1 aliphatic heterocycles. The molecule has 1 atom stereocenters. The first-order chi connectivity index (χ1) is 11.0. The van der Waals surface area contributed by atoms with Crippen LogP contribution in [0.15, 0.2) is 24.3 Å². The third-order valence-electron chi connectivity index (χ3n) is 4.23. The van der Waals surface area contributed by atoms with Crippen molar-refractivity contribution in [2.45, 2.75) is 24.8 Å². The number of urea groups is 1. The summed E-state index contributed by atoms with van der Waals surface area (Å²) in [6.45, 7) is 0.855. The Morgan fingerprint density at radius 3 is 2.83 bits per heavy atom. The predicted molar refractivity (Wildman–Crippen MR) is 86.4 cm³/mol. The number of rotatable bonds is 6. The van der Waals surface area contributed by atoms with E-state index in [-0.39, 0.29) is 6.03 Å². The van der Waals surface area contributed by atoms with E-state index in [4.69, 9.17) is 15.2 Å². The Morgan fingerprint density at radius 1 is 1.39 bits per heavy atom. The van der Waals surface area contributed by atoms with Gasteiger partial charge in [0, 0.05) is 38.4 Å². The van der Waals surface area contributed by atoms with Gasteiger partial charge >= 0.3 is 6.03 Å². The molecular weight excluding hydrogens is 298 g/mol. The summed E-state index contributed by atoms with van der Waals surface area (Å²) in [5.74, 6) is 0.151. The number of benzene rings is 1. The van der Waals surface area contributed by atoms with Gasteiger partial charge in [0.25, 0.3) is 0 Å². The summed E-state index contributed by atoms with van der Waals surface area (Å²) in [5, 5.41) is 2.80. The number of anilines is 1. The van der Waals surface area contributed by atoms with Crippen molar-refractivity contribution in [2.24, 2.45) is 5.73 Å². The molecule has 1 aromatic carbocycles. The summed E-state index contributed by atoms with van der Waals surface area (Å²) in [7, 11) is 3.12. The van der Waals surface area contributed by atoms with E-state index in [9.17, 15) is 9.59 Å². The maximum absolute atomic E-state index is 12.6. The Bertz CT molecular complexity index is 578. The van der Waals surface area contributed by atoms with Gasteiger partial charge in [-0.05, 0) is 25.0 Å². The van der Waals surface area contributed by atoms with Crippen LogP contribution in [0.5, 0.6) is 5.75 Å². The topological polar surface area (TPSA) is 93.9 Å². The van der Waals surface area contributed by atoms with Gasteiger partial charge < -0.3 is 25.4 Å². The Labute approximate surface area is 135 Å². The maximum atomic E-state index is 12.6. The van der Waals surface area contributed by atoms with Crippen LogP contribution in [-0.2, 0) is 9.53 Å². The van der Waals surface area contributed by atoms with Crippen molar-refractivity contribution in [3.05, 3.63) is 24.3 Å². The van der Waals surface area contributed by atoms with Gasteiger partial charge in [0.15, 0.2) is 0 Å². The van der Waals surface area contributed by atoms with Crippen molar-refractivity contribution in [1.29, 1.82) is 0 Å². The molecule has 1 fully saturated rings. The summed E-state index contributed by atoms with van der Waals surface area (Å²) >= 11 is 0. The lowest BCUT2D eigenvalue weighted by Crippen LogP contribution is -2.57. The lowest BCUT2D eigenvalue weighted by atomic mass is 9.91. The molecule has 7 heteroatoms. The molecule has 7 nitrogen and oxygen atoms in total. The molecule has 23 heavy (non-hydrogen) atoms. The van der Waals surface area contributed by atoms with E-state index in [1.54, 1.807) is 38.5 Å². The number of methoxy groups -OCH3 is 2. The van der Waals surface area contributed by atoms with Gasteiger partial charge in [0.05, 0.1) is 7.11 Å². The minimum atomic E-state index is -0.987. The van der Waals surface area contributed by atoms with Gasteiger partial charge in [-0.2, -0.15) is 0 Å². The molecule has 1 aromatic rings. The number of carbonyl (C=O) groups excluding carboxylic acids is 2. The van der Waals surface area contributed by atoms with Crippen LogP contribution < -0.4 is 15.8 Å². The second-order valence-corrected chi connectivity index (χ2v) is 5.56. The Balaban J connectivity index is 2.17. The molecule has 1 unspecified atom stereocenters. The van der Waals surface area contributed by atoms with Crippen LogP contribution in [0.25, 0.3) is 0 Å². The minimum absolute atomic E-state index is 0.342. The Morgan fingerprint density at radius 2 is 2.17 bits per heavy atom. The van der Waals surface area contributed by atoms with Crippen molar-refractivity contribution in [3.8, 4) is 5.75 Å². The van der Waals surface area contributed by atoms with E-state index in [1.165, 1.54) is 4.90 Å². The predicted octanol–water partition coefficient (Wildman–Crippen LogP) is 1.58. The highest BCUT2D eigenvalue weighted by atomic mass is 16.5. The van der Waals surface area contributed by atoms with Crippen LogP contribution in [0.4, 0.5) is 10.5 Å². The first-order valence-corrected chi connectivity index (χ1v) is 7.55. The summed E-state index contributed by atoms with van der Waals surface area (Å²) in [6, 6.07) is 6.71. The summed E-state index contributed by atoms with van der Waals surface area (Å²) in [5.41, 5.74) is 5.22. The number of carbonyl (C=O) groups is 2. The van der Waals surface area contributed by atoms with E-state index >= 15 is 0 Å². The molecule has 1 saturated heterocycles. The van der Waals surface area contributed by atoms with Gasteiger partial charge in [-0.25, -0.2) is 4.79 Å². The number of likely N-dealkylation sites (tertiary alicyclic amines) is 1. The van der Waals surface area contributed by atoms with Gasteiger partial charge in [-0.3, -0.25) is 4.79 Å². The average Bonchev–Trinajstić information content (AvgIpc) is 2.98. The molecule has 3 N–H and O–H groups in total. The van der Waals surface area contributed by atoms with E-state index in [1.807, 2.05) is 0 Å². The smallest absolute Gasteiger partial charge is 0.322 e. The number of hydrogen-bond donors (Lipinski definition) is 2. The number of nitrogens with one attached hydrogen (secondary N) is 1. The van der Waals surface area contributed by atoms with E-state index in [0.717, 1.165) is 6.42 Å². The number of amides is 3. The summed E-state index contributed by atoms with van der Waals surface area (Å²) in [6.07, 6.45) is 1.68. The first-order valence-electron chi connectivity index (χ1n) is 7.55. The van der Waals surface area contributed by atoms with Gasteiger partial charge in [-0.15, -0.1) is 0 Å².